The molecule has 3 heterocycles. The fourth-order valence-corrected chi connectivity index (χ4v) is 4.02. The topological polar surface area (TPSA) is 106 Å². The molecule has 0 unspecified atom stereocenters. The number of aromatic amines is 1. The maximum Gasteiger partial charge on any atom is 0.317 e. The smallest absolute Gasteiger partial charge is 0.317 e. The standard InChI is InChI=1S/C21H25N5O3/c1-12-17(11-15-14-5-3-4-6-16(14)25-19(15)27)24-13(2)18(12)20(28)22-7-9-26-10-8-23-21(26)29/h5-6,11,24H,3-4,7-10H2,1-2H3,(H,22,28)(H,23,29)(H,25,27)/b15-11-. The highest BCUT2D eigenvalue weighted by atomic mass is 16.2. The van der Waals surface area contributed by atoms with Gasteiger partial charge in [-0.25, -0.2) is 4.79 Å². The molecule has 1 aliphatic carbocycles. The number of hydrogen-bond acceptors (Lipinski definition) is 3. The minimum Gasteiger partial charge on any atom is -0.358 e. The fourth-order valence-electron chi connectivity index (χ4n) is 4.02. The number of nitrogens with one attached hydrogen (secondary N) is 4. The molecule has 4 N–H and O–H groups in total. The van der Waals surface area contributed by atoms with Crippen molar-refractivity contribution in [3.05, 3.63) is 51.5 Å². The second kappa shape index (κ2) is 7.62. The van der Waals surface area contributed by atoms with E-state index in [-0.39, 0.29) is 17.8 Å². The monoisotopic (exact) mass is 395 g/mol. The Morgan fingerprint density at radius 1 is 1.24 bits per heavy atom. The Bertz CT molecular complexity index is 983. The van der Waals surface area contributed by atoms with Crippen LogP contribution in [0.3, 0.4) is 0 Å². The average molecular weight is 395 g/mol. The molecule has 4 rings (SSSR count). The summed E-state index contributed by atoms with van der Waals surface area (Å²) >= 11 is 0. The van der Waals surface area contributed by atoms with Crippen molar-refractivity contribution in [3.63, 3.8) is 0 Å². The molecule has 0 spiro atoms. The second-order valence-electron chi connectivity index (χ2n) is 7.46. The number of fused-ring (bicyclic) bond motifs is 1. The zero-order valence-corrected chi connectivity index (χ0v) is 16.6. The number of nitrogens with zero attached hydrogens (tertiary/aromatic N) is 1. The van der Waals surface area contributed by atoms with Gasteiger partial charge in [0.1, 0.15) is 0 Å². The van der Waals surface area contributed by atoms with E-state index in [1.54, 1.807) is 4.90 Å². The van der Waals surface area contributed by atoms with Gasteiger partial charge in [-0.05, 0) is 38.3 Å². The van der Waals surface area contributed by atoms with Crippen LogP contribution in [0.1, 0.15) is 40.2 Å². The van der Waals surface area contributed by atoms with Crippen molar-refractivity contribution in [2.75, 3.05) is 26.2 Å². The van der Waals surface area contributed by atoms with Crippen LogP contribution in [-0.2, 0) is 4.79 Å². The molecule has 8 nitrogen and oxygen atoms in total. The van der Waals surface area contributed by atoms with Gasteiger partial charge in [0.25, 0.3) is 11.8 Å². The Morgan fingerprint density at radius 2 is 2.03 bits per heavy atom. The predicted octanol–water partition coefficient (Wildman–Crippen LogP) is 1.50. The Labute approximate surface area is 169 Å². The van der Waals surface area contributed by atoms with Crippen molar-refractivity contribution in [2.24, 2.45) is 0 Å². The van der Waals surface area contributed by atoms with Crippen molar-refractivity contribution in [1.82, 2.24) is 25.8 Å². The number of allylic oxidation sites excluding steroid dienone is 3. The summed E-state index contributed by atoms with van der Waals surface area (Å²) in [5.74, 6) is -0.306. The summed E-state index contributed by atoms with van der Waals surface area (Å²) in [7, 11) is 0. The van der Waals surface area contributed by atoms with E-state index in [1.165, 1.54) is 0 Å². The number of rotatable bonds is 5. The lowest BCUT2D eigenvalue weighted by Gasteiger charge is -2.14. The number of hydrogen-bond donors (Lipinski definition) is 4. The van der Waals surface area contributed by atoms with Gasteiger partial charge >= 0.3 is 6.03 Å². The summed E-state index contributed by atoms with van der Waals surface area (Å²) in [6.07, 6.45) is 7.78. The molecule has 0 bridgehead atoms. The van der Waals surface area contributed by atoms with E-state index in [0.717, 1.165) is 41.1 Å². The van der Waals surface area contributed by atoms with Crippen molar-refractivity contribution in [1.29, 1.82) is 0 Å². The molecular weight excluding hydrogens is 370 g/mol. The second-order valence-corrected chi connectivity index (χ2v) is 7.46. The van der Waals surface area contributed by atoms with Crippen molar-refractivity contribution >= 4 is 23.9 Å². The number of aryl methyl sites for hydroxylation is 1. The van der Waals surface area contributed by atoms with Gasteiger partial charge in [0.05, 0.1) is 11.1 Å². The van der Waals surface area contributed by atoms with Crippen LogP contribution < -0.4 is 16.0 Å². The Balaban J connectivity index is 1.50. The van der Waals surface area contributed by atoms with Crippen molar-refractivity contribution < 1.29 is 14.4 Å². The third-order valence-corrected chi connectivity index (χ3v) is 5.54. The van der Waals surface area contributed by atoms with Crippen molar-refractivity contribution in [3.8, 4) is 0 Å². The molecule has 152 valence electrons. The Kier molecular flexibility index (Phi) is 5.00. The van der Waals surface area contributed by atoms with E-state index in [1.807, 2.05) is 26.0 Å². The minimum absolute atomic E-state index is 0.0950. The first kappa shape index (κ1) is 19.0. The lowest BCUT2D eigenvalue weighted by molar-refractivity contribution is -0.115. The van der Waals surface area contributed by atoms with Gasteiger partial charge in [-0.3, -0.25) is 9.59 Å². The first-order valence-electron chi connectivity index (χ1n) is 9.90. The minimum atomic E-state index is -0.186. The quantitative estimate of drug-likeness (QED) is 0.568. The number of urea groups is 1. The van der Waals surface area contributed by atoms with Crippen LogP contribution in [0.25, 0.3) is 6.08 Å². The van der Waals surface area contributed by atoms with Gasteiger partial charge in [-0.1, -0.05) is 12.2 Å². The van der Waals surface area contributed by atoms with Crippen LogP contribution in [0.5, 0.6) is 0 Å². The molecule has 0 atom stereocenters. The molecule has 3 aliphatic rings. The summed E-state index contributed by atoms with van der Waals surface area (Å²) in [5.41, 5.74) is 5.30. The fraction of sp³-hybridized carbons (Fsp3) is 0.381. The van der Waals surface area contributed by atoms with E-state index >= 15 is 0 Å². The summed E-state index contributed by atoms with van der Waals surface area (Å²) in [6.45, 7) is 5.87. The van der Waals surface area contributed by atoms with Crippen LogP contribution in [0.4, 0.5) is 4.79 Å². The third kappa shape index (κ3) is 3.57. The highest BCUT2D eigenvalue weighted by Gasteiger charge is 2.29. The van der Waals surface area contributed by atoms with Gasteiger partial charge in [-0.15, -0.1) is 0 Å². The highest BCUT2D eigenvalue weighted by Crippen LogP contribution is 2.32. The number of carbonyl (C=O) groups is 3. The van der Waals surface area contributed by atoms with Gasteiger partial charge < -0.3 is 25.8 Å². The van der Waals surface area contributed by atoms with E-state index < -0.39 is 0 Å². The number of H-pyrrole nitrogens is 1. The van der Waals surface area contributed by atoms with Crippen LogP contribution in [-0.4, -0.2) is 53.9 Å². The van der Waals surface area contributed by atoms with Crippen LogP contribution >= 0.6 is 0 Å². The largest absolute Gasteiger partial charge is 0.358 e. The highest BCUT2D eigenvalue weighted by molar-refractivity contribution is 6.09. The first-order chi connectivity index (χ1) is 14.0. The van der Waals surface area contributed by atoms with E-state index in [9.17, 15) is 14.4 Å². The van der Waals surface area contributed by atoms with Crippen LogP contribution in [0, 0.1) is 13.8 Å². The zero-order chi connectivity index (χ0) is 20.5. The van der Waals surface area contributed by atoms with Crippen LogP contribution in [0.2, 0.25) is 0 Å². The van der Waals surface area contributed by atoms with Crippen molar-refractivity contribution in [2.45, 2.75) is 26.7 Å². The maximum absolute atomic E-state index is 12.7. The van der Waals surface area contributed by atoms with Gasteiger partial charge in [0, 0.05) is 48.8 Å². The number of carbonyl (C=O) groups excluding carboxylic acids is 3. The molecular formula is C21H25N5O3. The first-order valence-corrected chi connectivity index (χ1v) is 9.90. The Hall–Kier alpha value is -3.29. The number of amides is 4. The lowest BCUT2D eigenvalue weighted by Crippen LogP contribution is -2.37. The molecule has 4 amide bonds. The molecule has 0 aromatic carbocycles. The molecule has 0 saturated carbocycles. The molecule has 2 saturated heterocycles. The lowest BCUT2D eigenvalue weighted by atomic mass is 9.98. The molecule has 2 aliphatic heterocycles. The molecule has 1 aromatic rings. The summed E-state index contributed by atoms with van der Waals surface area (Å²) in [5, 5.41) is 8.53. The zero-order valence-electron chi connectivity index (χ0n) is 16.6. The van der Waals surface area contributed by atoms with Gasteiger partial charge in [0.2, 0.25) is 0 Å². The SMILES string of the molecule is Cc1[nH]c(/C=C2\C(=O)NC3=CCCC=C32)c(C)c1C(=O)NCCN1CCNC1=O. The van der Waals surface area contributed by atoms with Gasteiger partial charge in [0.15, 0.2) is 0 Å². The molecule has 0 radical (unpaired) electrons. The van der Waals surface area contributed by atoms with Crippen LogP contribution in [0.15, 0.2) is 29.0 Å². The maximum atomic E-state index is 12.7. The normalized spacial score (nSPS) is 19.7. The average Bonchev–Trinajstić information content (AvgIpc) is 3.32. The molecule has 2 fully saturated rings. The molecule has 1 aromatic heterocycles. The summed E-state index contributed by atoms with van der Waals surface area (Å²) < 4.78 is 0. The van der Waals surface area contributed by atoms with E-state index in [4.69, 9.17) is 0 Å². The van der Waals surface area contributed by atoms with Gasteiger partial charge in [-0.2, -0.15) is 0 Å². The molecule has 29 heavy (non-hydrogen) atoms. The summed E-state index contributed by atoms with van der Waals surface area (Å²) in [6, 6.07) is -0.0950. The summed E-state index contributed by atoms with van der Waals surface area (Å²) in [4.78, 5) is 41.6. The predicted molar refractivity (Wildman–Crippen MR) is 109 cm³/mol. The molecule has 8 heteroatoms. The third-order valence-electron chi connectivity index (χ3n) is 5.54. The number of aromatic nitrogens is 1. The Morgan fingerprint density at radius 3 is 2.79 bits per heavy atom. The van der Waals surface area contributed by atoms with E-state index in [2.05, 4.69) is 27.0 Å². The van der Waals surface area contributed by atoms with E-state index in [0.29, 0.717) is 37.3 Å².